The van der Waals surface area contributed by atoms with Gasteiger partial charge in [-0.2, -0.15) is 0 Å². The van der Waals surface area contributed by atoms with Crippen molar-refractivity contribution in [1.29, 1.82) is 5.41 Å². The Morgan fingerprint density at radius 2 is 2.13 bits per heavy atom. The summed E-state index contributed by atoms with van der Waals surface area (Å²) in [6.45, 7) is 0.837. The zero-order valence-electron chi connectivity index (χ0n) is 16.0. The maximum Gasteiger partial charge on any atom is 0.573 e. The lowest BCUT2D eigenvalue weighted by Gasteiger charge is -2.32. The highest BCUT2D eigenvalue weighted by Gasteiger charge is 2.31. The smallest absolute Gasteiger partial charge is 0.481 e. The van der Waals surface area contributed by atoms with Gasteiger partial charge in [-0.05, 0) is 36.6 Å². The highest BCUT2D eigenvalue weighted by atomic mass is 19.4. The van der Waals surface area contributed by atoms with Crippen molar-refractivity contribution in [2.24, 2.45) is 11.7 Å². The topological polar surface area (TPSA) is 129 Å². The molecule has 11 heteroatoms. The standard InChI is InChI=1S/C19H23F3N4O4/c20-19(21,22)30-14-5-1-3-12(9-14)10-17(27)25-15(23)6-7-16(24)26-8-2-4-13(11-26)18(28)29/h1,3,5-6,9,13,24H,2,4,7-8,10-11,23H2,(H,25,27)(H,28,29)/b15-6+,24-16?. The van der Waals surface area contributed by atoms with Gasteiger partial charge in [0.05, 0.1) is 24.0 Å². The number of benzene rings is 1. The van der Waals surface area contributed by atoms with Crippen molar-refractivity contribution in [3.05, 3.63) is 41.7 Å². The fourth-order valence-corrected chi connectivity index (χ4v) is 3.05. The fraction of sp³-hybridized carbons (Fsp3) is 0.421. The second-order valence-corrected chi connectivity index (χ2v) is 6.85. The van der Waals surface area contributed by atoms with Crippen LogP contribution in [0.3, 0.4) is 0 Å². The Kier molecular flexibility index (Phi) is 7.67. The average molecular weight is 428 g/mol. The number of carbonyl (C=O) groups excluding carboxylic acids is 1. The number of ether oxygens (including phenoxy) is 1. The van der Waals surface area contributed by atoms with Crippen molar-refractivity contribution in [3.8, 4) is 5.75 Å². The number of nitrogens with two attached hydrogens (primary N) is 1. The Hall–Kier alpha value is -3.24. The Labute approximate surface area is 171 Å². The van der Waals surface area contributed by atoms with Crippen molar-refractivity contribution in [1.82, 2.24) is 10.2 Å². The van der Waals surface area contributed by atoms with E-state index < -0.39 is 29.9 Å². The number of carboxylic acids is 1. The third-order valence-electron chi connectivity index (χ3n) is 4.45. The maximum absolute atomic E-state index is 12.3. The molecule has 1 unspecified atom stereocenters. The van der Waals surface area contributed by atoms with E-state index >= 15 is 0 Å². The molecule has 1 fully saturated rings. The number of amides is 1. The largest absolute Gasteiger partial charge is 0.573 e. The molecule has 1 amide bonds. The van der Waals surface area contributed by atoms with Crippen molar-refractivity contribution < 1.29 is 32.6 Å². The number of aliphatic carboxylic acids is 1. The summed E-state index contributed by atoms with van der Waals surface area (Å²) in [4.78, 5) is 24.8. The lowest BCUT2D eigenvalue weighted by Crippen LogP contribution is -2.42. The molecular weight excluding hydrogens is 405 g/mol. The van der Waals surface area contributed by atoms with E-state index in [9.17, 15) is 22.8 Å². The number of nitrogens with zero attached hydrogens (tertiary/aromatic N) is 1. The number of hydrogen-bond donors (Lipinski definition) is 4. The van der Waals surface area contributed by atoms with Crippen LogP contribution in [-0.4, -0.2) is 47.2 Å². The highest BCUT2D eigenvalue weighted by Crippen LogP contribution is 2.23. The number of piperidine rings is 1. The number of alkyl halides is 3. The lowest BCUT2D eigenvalue weighted by atomic mass is 9.98. The first-order chi connectivity index (χ1) is 14.0. The molecule has 1 aromatic carbocycles. The Balaban J connectivity index is 1.85. The number of likely N-dealkylation sites (tertiary alicyclic amines) is 1. The fourth-order valence-electron chi connectivity index (χ4n) is 3.05. The van der Waals surface area contributed by atoms with Crippen molar-refractivity contribution in [2.75, 3.05) is 13.1 Å². The van der Waals surface area contributed by atoms with E-state index in [-0.39, 0.29) is 31.0 Å². The summed E-state index contributed by atoms with van der Waals surface area (Å²) in [6, 6.07) is 5.06. The number of carbonyl (C=O) groups is 2. The summed E-state index contributed by atoms with van der Waals surface area (Å²) in [7, 11) is 0. The molecule has 1 aromatic rings. The van der Waals surface area contributed by atoms with Crippen LogP contribution >= 0.6 is 0 Å². The molecule has 1 saturated heterocycles. The van der Waals surface area contributed by atoms with Crippen molar-refractivity contribution >= 4 is 17.7 Å². The minimum atomic E-state index is -4.82. The number of hydrogen-bond acceptors (Lipinski definition) is 5. The highest BCUT2D eigenvalue weighted by molar-refractivity contribution is 5.83. The minimum Gasteiger partial charge on any atom is -0.481 e. The van der Waals surface area contributed by atoms with Crippen LogP contribution in [0.15, 0.2) is 36.2 Å². The molecule has 0 saturated carbocycles. The molecule has 164 valence electrons. The first-order valence-corrected chi connectivity index (χ1v) is 9.19. The molecule has 0 bridgehead atoms. The van der Waals surface area contributed by atoms with E-state index in [4.69, 9.17) is 16.2 Å². The predicted molar refractivity (Wildman–Crippen MR) is 102 cm³/mol. The lowest BCUT2D eigenvalue weighted by molar-refractivity contribution is -0.274. The van der Waals surface area contributed by atoms with Gasteiger partial charge in [-0.15, -0.1) is 13.2 Å². The summed E-state index contributed by atoms with van der Waals surface area (Å²) < 4.78 is 40.6. The van der Waals surface area contributed by atoms with Gasteiger partial charge in [0.25, 0.3) is 0 Å². The van der Waals surface area contributed by atoms with Crippen molar-refractivity contribution in [2.45, 2.75) is 32.0 Å². The summed E-state index contributed by atoms with van der Waals surface area (Å²) in [5.74, 6) is -2.18. The van der Waals surface area contributed by atoms with E-state index in [1.165, 1.54) is 18.2 Å². The van der Waals surface area contributed by atoms with Crippen LogP contribution in [0.4, 0.5) is 13.2 Å². The Bertz CT molecular complexity index is 826. The molecule has 1 heterocycles. The minimum absolute atomic E-state index is 0.000704. The summed E-state index contributed by atoms with van der Waals surface area (Å²) >= 11 is 0. The van der Waals surface area contributed by atoms with E-state index in [2.05, 4.69) is 10.1 Å². The van der Waals surface area contributed by atoms with Gasteiger partial charge in [0, 0.05) is 19.5 Å². The molecular formula is C19H23F3N4O4. The molecule has 0 spiro atoms. The third kappa shape index (κ3) is 7.64. The molecule has 5 N–H and O–H groups in total. The molecule has 1 atom stereocenters. The number of nitrogens with one attached hydrogen (secondary N) is 2. The summed E-state index contributed by atoms with van der Waals surface area (Å²) in [6.07, 6.45) is -2.26. The predicted octanol–water partition coefficient (Wildman–Crippen LogP) is 2.21. The quantitative estimate of drug-likeness (QED) is 0.389. The first kappa shape index (κ1) is 23.0. The molecule has 8 nitrogen and oxygen atoms in total. The van der Waals surface area contributed by atoms with Gasteiger partial charge in [-0.3, -0.25) is 15.0 Å². The molecule has 30 heavy (non-hydrogen) atoms. The van der Waals surface area contributed by atoms with Gasteiger partial charge in [0.2, 0.25) is 5.91 Å². The maximum atomic E-state index is 12.3. The number of rotatable bonds is 7. The van der Waals surface area contributed by atoms with Crippen LogP contribution < -0.4 is 15.8 Å². The number of amidine groups is 1. The first-order valence-electron chi connectivity index (χ1n) is 9.19. The average Bonchev–Trinajstić information content (AvgIpc) is 2.65. The van der Waals surface area contributed by atoms with Crippen LogP contribution in [0.1, 0.15) is 24.8 Å². The van der Waals surface area contributed by atoms with Gasteiger partial charge >= 0.3 is 12.3 Å². The van der Waals surface area contributed by atoms with E-state index in [0.717, 1.165) is 12.1 Å². The van der Waals surface area contributed by atoms with Gasteiger partial charge < -0.3 is 25.8 Å². The van der Waals surface area contributed by atoms with Crippen LogP contribution in [0.5, 0.6) is 5.75 Å². The van der Waals surface area contributed by atoms with E-state index in [1.807, 2.05) is 0 Å². The van der Waals surface area contributed by atoms with Gasteiger partial charge in [0.1, 0.15) is 5.75 Å². The van der Waals surface area contributed by atoms with Gasteiger partial charge in [-0.1, -0.05) is 12.1 Å². The SMILES string of the molecule is N=C(C/C=C(\N)NC(=O)Cc1cccc(OC(F)(F)F)c1)N1CCCC(C(=O)O)C1. The van der Waals surface area contributed by atoms with E-state index in [0.29, 0.717) is 24.9 Å². The Morgan fingerprint density at radius 3 is 2.80 bits per heavy atom. The summed E-state index contributed by atoms with van der Waals surface area (Å²) in [5.41, 5.74) is 6.05. The molecule has 0 radical (unpaired) electrons. The molecule has 1 aliphatic rings. The second kappa shape index (κ2) is 9.99. The Morgan fingerprint density at radius 1 is 1.40 bits per heavy atom. The molecule has 0 aliphatic carbocycles. The second-order valence-electron chi connectivity index (χ2n) is 6.85. The normalized spacial score (nSPS) is 17.4. The zero-order valence-corrected chi connectivity index (χ0v) is 16.0. The summed E-state index contributed by atoms with van der Waals surface area (Å²) in [5, 5.41) is 19.6. The van der Waals surface area contributed by atoms with Crippen LogP contribution in [0, 0.1) is 11.3 Å². The van der Waals surface area contributed by atoms with Gasteiger partial charge in [0.15, 0.2) is 0 Å². The molecule has 1 aliphatic heterocycles. The monoisotopic (exact) mass is 428 g/mol. The van der Waals surface area contributed by atoms with Crippen LogP contribution in [-0.2, 0) is 16.0 Å². The van der Waals surface area contributed by atoms with Crippen LogP contribution in [0.25, 0.3) is 0 Å². The van der Waals surface area contributed by atoms with Crippen LogP contribution in [0.2, 0.25) is 0 Å². The van der Waals surface area contributed by atoms with E-state index in [1.54, 1.807) is 4.90 Å². The third-order valence-corrected chi connectivity index (χ3v) is 4.45. The van der Waals surface area contributed by atoms with Crippen molar-refractivity contribution in [3.63, 3.8) is 0 Å². The number of halogens is 3. The molecule has 0 aromatic heterocycles. The zero-order chi connectivity index (χ0) is 22.3. The number of carboxylic acid groups (broad SMARTS) is 1. The van der Waals surface area contributed by atoms with Gasteiger partial charge in [-0.25, -0.2) is 0 Å². The molecule has 2 rings (SSSR count).